The van der Waals surface area contributed by atoms with E-state index in [1.807, 2.05) is 34.9 Å². The van der Waals surface area contributed by atoms with Crippen LogP contribution >= 0.6 is 11.8 Å². The molecule has 0 saturated carbocycles. The number of hydrogen-bond donors (Lipinski definition) is 0. The van der Waals surface area contributed by atoms with E-state index >= 15 is 0 Å². The number of imidazole rings is 1. The Hall–Kier alpha value is -2.46. The van der Waals surface area contributed by atoms with Gasteiger partial charge in [0.1, 0.15) is 5.82 Å². The second-order valence-corrected chi connectivity index (χ2v) is 7.21. The van der Waals surface area contributed by atoms with E-state index in [0.717, 1.165) is 29.2 Å². The lowest BCUT2D eigenvalue weighted by Crippen LogP contribution is -2.38. The van der Waals surface area contributed by atoms with Crippen LogP contribution in [0, 0.1) is 0 Å². The van der Waals surface area contributed by atoms with Gasteiger partial charge in [-0.25, -0.2) is 4.98 Å². The Bertz CT molecular complexity index is 895. The highest BCUT2D eigenvalue weighted by Crippen LogP contribution is 2.27. The fraction of sp³-hybridized carbons (Fsp3) is 0.389. The van der Waals surface area contributed by atoms with Crippen LogP contribution in [-0.2, 0) is 17.0 Å². The van der Waals surface area contributed by atoms with Crippen molar-refractivity contribution in [3.05, 3.63) is 54.1 Å². The zero-order chi connectivity index (χ0) is 19.3. The second kappa shape index (κ2) is 8.70. The molecule has 1 fully saturated rings. The number of anilines is 1. The van der Waals surface area contributed by atoms with Gasteiger partial charge in [-0.3, -0.25) is 9.13 Å². The molecule has 2 aromatic heterocycles. The van der Waals surface area contributed by atoms with Crippen molar-refractivity contribution in [3.8, 4) is 0 Å². The summed E-state index contributed by atoms with van der Waals surface area (Å²) >= 11 is 1.36. The molecule has 0 N–H and O–H groups in total. The monoisotopic (exact) mass is 406 g/mol. The van der Waals surface area contributed by atoms with Crippen LogP contribution < -0.4 is 4.90 Å². The lowest BCUT2D eigenvalue weighted by Gasteiger charge is -2.28. The molecule has 148 valence electrons. The Morgan fingerprint density at radius 3 is 2.64 bits per heavy atom. The first kappa shape index (κ1) is 18.9. The molecule has 1 saturated heterocycles. The molecule has 0 radical (unpaired) electrons. The Labute approximate surface area is 165 Å². The summed E-state index contributed by atoms with van der Waals surface area (Å²) in [6.07, 6.45) is 2.67. The molecule has 3 aromatic rings. The number of rotatable bonds is 7. The second-order valence-electron chi connectivity index (χ2n) is 6.27. The number of thioether (sulfide) groups is 1. The number of nitrogens with zero attached hydrogens (tertiary/aromatic N) is 6. The first-order chi connectivity index (χ1) is 13.7. The van der Waals surface area contributed by atoms with Crippen molar-refractivity contribution in [2.75, 3.05) is 31.2 Å². The van der Waals surface area contributed by atoms with Gasteiger partial charge in [0.15, 0.2) is 5.16 Å². The Balaban J connectivity index is 1.58. The summed E-state index contributed by atoms with van der Waals surface area (Å²) in [6, 6.07) is 10.0. The number of halogens is 2. The van der Waals surface area contributed by atoms with E-state index in [1.165, 1.54) is 24.2 Å². The van der Waals surface area contributed by atoms with Crippen molar-refractivity contribution in [2.24, 2.45) is 0 Å². The van der Waals surface area contributed by atoms with Gasteiger partial charge in [0.2, 0.25) is 5.95 Å². The lowest BCUT2D eigenvalue weighted by molar-refractivity contribution is 0.0678. The van der Waals surface area contributed by atoms with Crippen molar-refractivity contribution in [3.63, 3.8) is 0 Å². The molecular formula is C18H20F2N6OS. The van der Waals surface area contributed by atoms with Crippen LogP contribution in [0.2, 0.25) is 0 Å². The van der Waals surface area contributed by atoms with Crippen LogP contribution in [0.1, 0.15) is 17.9 Å². The number of benzene rings is 1. The summed E-state index contributed by atoms with van der Waals surface area (Å²) in [5, 5.41) is 9.39. The van der Waals surface area contributed by atoms with Gasteiger partial charge in [-0.2, -0.15) is 8.78 Å². The van der Waals surface area contributed by atoms with Gasteiger partial charge in [0.05, 0.1) is 25.5 Å². The van der Waals surface area contributed by atoms with Gasteiger partial charge >= 0.3 is 6.55 Å². The molecule has 0 unspecified atom stereocenters. The highest BCUT2D eigenvalue weighted by molar-refractivity contribution is 7.98. The average molecular weight is 406 g/mol. The summed E-state index contributed by atoms with van der Waals surface area (Å²) < 4.78 is 34.5. The molecule has 7 nitrogen and oxygen atoms in total. The van der Waals surface area contributed by atoms with E-state index < -0.39 is 6.55 Å². The quantitative estimate of drug-likeness (QED) is 0.562. The van der Waals surface area contributed by atoms with Crippen molar-refractivity contribution in [1.82, 2.24) is 24.3 Å². The van der Waals surface area contributed by atoms with E-state index in [0.29, 0.717) is 30.7 Å². The largest absolute Gasteiger partial charge is 0.378 e. The first-order valence-corrected chi connectivity index (χ1v) is 9.93. The molecular weight excluding hydrogens is 386 g/mol. The molecule has 0 amide bonds. The Morgan fingerprint density at radius 2 is 1.89 bits per heavy atom. The average Bonchev–Trinajstić information content (AvgIpc) is 3.35. The van der Waals surface area contributed by atoms with Gasteiger partial charge in [-0.05, 0) is 5.56 Å². The third-order valence-electron chi connectivity index (χ3n) is 4.46. The number of ether oxygens (including phenoxy) is 1. The van der Waals surface area contributed by atoms with Crippen molar-refractivity contribution in [1.29, 1.82) is 0 Å². The van der Waals surface area contributed by atoms with Gasteiger partial charge in [-0.15, -0.1) is 10.2 Å². The normalized spacial score (nSPS) is 14.8. The Kier molecular flexibility index (Phi) is 5.87. The molecule has 10 heteroatoms. The molecule has 0 bridgehead atoms. The number of morpholine rings is 1. The van der Waals surface area contributed by atoms with Gasteiger partial charge in [0.25, 0.3) is 0 Å². The van der Waals surface area contributed by atoms with Crippen molar-refractivity contribution in [2.45, 2.75) is 24.0 Å². The standard InChI is InChI=1S/C18H20F2N6OS/c19-16(20)25-7-6-21-15(25)13-28-18-23-22-17(24-8-10-27-11-9-24)26(18)12-14-4-2-1-3-5-14/h1-7,16H,8-13H2. The fourth-order valence-corrected chi connectivity index (χ4v) is 3.93. The van der Waals surface area contributed by atoms with E-state index in [1.54, 1.807) is 0 Å². The van der Waals surface area contributed by atoms with Crippen LogP contribution in [0.5, 0.6) is 0 Å². The van der Waals surface area contributed by atoms with E-state index in [-0.39, 0.29) is 5.75 Å². The summed E-state index contributed by atoms with van der Waals surface area (Å²) in [6.45, 7) is 0.774. The van der Waals surface area contributed by atoms with Gasteiger partial charge in [0, 0.05) is 25.5 Å². The maximum atomic E-state index is 13.1. The van der Waals surface area contributed by atoms with E-state index in [2.05, 4.69) is 20.1 Å². The molecule has 3 heterocycles. The fourth-order valence-electron chi connectivity index (χ4n) is 3.05. The minimum Gasteiger partial charge on any atom is -0.378 e. The number of hydrogen-bond acceptors (Lipinski definition) is 6. The van der Waals surface area contributed by atoms with Gasteiger partial charge < -0.3 is 9.64 Å². The molecule has 0 aliphatic carbocycles. The molecule has 4 rings (SSSR count). The third kappa shape index (κ3) is 4.17. The first-order valence-electron chi connectivity index (χ1n) is 8.95. The molecule has 1 aliphatic rings. The summed E-state index contributed by atoms with van der Waals surface area (Å²) in [5.41, 5.74) is 1.12. The predicted octanol–water partition coefficient (Wildman–Crippen LogP) is 3.05. The van der Waals surface area contributed by atoms with Crippen LogP contribution in [0.4, 0.5) is 14.7 Å². The maximum Gasteiger partial charge on any atom is 0.319 e. The number of alkyl halides is 2. The number of aromatic nitrogens is 5. The summed E-state index contributed by atoms with van der Waals surface area (Å²) in [5.74, 6) is 1.36. The molecule has 0 spiro atoms. The molecule has 0 atom stereocenters. The van der Waals surface area contributed by atoms with Crippen molar-refractivity contribution < 1.29 is 13.5 Å². The third-order valence-corrected chi connectivity index (χ3v) is 5.43. The highest BCUT2D eigenvalue weighted by Gasteiger charge is 2.21. The SMILES string of the molecule is FC(F)n1ccnc1CSc1nnc(N2CCOCC2)n1Cc1ccccc1. The van der Waals surface area contributed by atoms with Crippen LogP contribution in [0.25, 0.3) is 0 Å². The minimum atomic E-state index is -2.61. The van der Waals surface area contributed by atoms with Crippen LogP contribution in [-0.4, -0.2) is 50.6 Å². The van der Waals surface area contributed by atoms with E-state index in [9.17, 15) is 8.78 Å². The highest BCUT2D eigenvalue weighted by atomic mass is 32.2. The summed E-state index contributed by atoms with van der Waals surface area (Å²) in [7, 11) is 0. The maximum absolute atomic E-state index is 13.1. The van der Waals surface area contributed by atoms with Crippen LogP contribution in [0.3, 0.4) is 0 Å². The smallest absolute Gasteiger partial charge is 0.319 e. The predicted molar refractivity (Wildman–Crippen MR) is 102 cm³/mol. The molecule has 28 heavy (non-hydrogen) atoms. The topological polar surface area (TPSA) is 61.0 Å². The zero-order valence-corrected chi connectivity index (χ0v) is 15.9. The van der Waals surface area contributed by atoms with E-state index in [4.69, 9.17) is 4.74 Å². The van der Waals surface area contributed by atoms with Crippen LogP contribution in [0.15, 0.2) is 47.9 Å². The molecule has 1 aromatic carbocycles. The molecule has 1 aliphatic heterocycles. The zero-order valence-electron chi connectivity index (χ0n) is 15.1. The van der Waals surface area contributed by atoms with Crippen molar-refractivity contribution >= 4 is 17.7 Å². The van der Waals surface area contributed by atoms with Gasteiger partial charge in [-0.1, -0.05) is 42.1 Å². The summed E-state index contributed by atoms with van der Waals surface area (Å²) in [4.78, 5) is 6.18. The lowest BCUT2D eigenvalue weighted by atomic mass is 10.2. The minimum absolute atomic E-state index is 0.285. The Morgan fingerprint density at radius 1 is 1.11 bits per heavy atom.